The summed E-state index contributed by atoms with van der Waals surface area (Å²) in [6, 6.07) is 11.0. The highest BCUT2D eigenvalue weighted by Crippen LogP contribution is 2.25. The maximum absolute atomic E-state index is 12.5. The first-order valence-electron chi connectivity index (χ1n) is 9.47. The monoisotopic (exact) mass is 424 g/mol. The third-order valence-electron chi connectivity index (χ3n) is 4.76. The van der Waals surface area contributed by atoms with E-state index >= 15 is 0 Å². The SMILES string of the molecule is Cc1ccc(NC(=O)NC(=O)C(C)Sc2nnnn2-c2cccc(C)c2C)c(C)c1. The average molecular weight is 425 g/mol. The molecule has 0 saturated carbocycles. The standard InChI is InChI=1S/C21H24N6O2S/c1-12-9-10-17(14(3)11-12)22-20(29)23-19(28)16(5)30-21-24-25-26-27(21)18-8-6-7-13(2)15(18)4/h6-11,16H,1-5H3,(H2,22,23,28,29). The van der Waals surface area contributed by atoms with Crippen LogP contribution in [0.15, 0.2) is 41.6 Å². The van der Waals surface area contributed by atoms with E-state index in [1.54, 1.807) is 11.6 Å². The highest BCUT2D eigenvalue weighted by Gasteiger charge is 2.22. The van der Waals surface area contributed by atoms with Crippen LogP contribution in [0.3, 0.4) is 0 Å². The van der Waals surface area contributed by atoms with Gasteiger partial charge in [0.05, 0.1) is 10.9 Å². The normalized spacial score (nSPS) is 11.8. The molecule has 2 N–H and O–H groups in total. The molecule has 1 heterocycles. The van der Waals surface area contributed by atoms with Gasteiger partial charge in [-0.2, -0.15) is 4.68 Å². The van der Waals surface area contributed by atoms with E-state index in [1.165, 1.54) is 11.8 Å². The summed E-state index contributed by atoms with van der Waals surface area (Å²) >= 11 is 1.18. The number of urea groups is 1. The first-order valence-corrected chi connectivity index (χ1v) is 10.3. The van der Waals surface area contributed by atoms with Crippen molar-refractivity contribution < 1.29 is 9.59 Å². The van der Waals surface area contributed by atoms with Gasteiger partial charge in [0.2, 0.25) is 11.1 Å². The summed E-state index contributed by atoms with van der Waals surface area (Å²) < 4.78 is 1.60. The van der Waals surface area contributed by atoms with E-state index in [-0.39, 0.29) is 0 Å². The molecular weight excluding hydrogens is 400 g/mol. The Morgan fingerprint density at radius 3 is 2.57 bits per heavy atom. The maximum Gasteiger partial charge on any atom is 0.325 e. The molecule has 0 fully saturated rings. The number of rotatable bonds is 5. The number of nitrogens with zero attached hydrogens (tertiary/aromatic N) is 4. The molecule has 3 rings (SSSR count). The number of aryl methyl sites for hydroxylation is 3. The van der Waals surface area contributed by atoms with E-state index in [4.69, 9.17) is 0 Å². The van der Waals surface area contributed by atoms with Gasteiger partial charge >= 0.3 is 6.03 Å². The van der Waals surface area contributed by atoms with Crippen LogP contribution in [0.2, 0.25) is 0 Å². The van der Waals surface area contributed by atoms with Gasteiger partial charge in [-0.25, -0.2) is 4.79 Å². The van der Waals surface area contributed by atoms with Crippen molar-refractivity contribution in [2.75, 3.05) is 5.32 Å². The number of tetrazole rings is 1. The Morgan fingerprint density at radius 1 is 1.07 bits per heavy atom. The Balaban J connectivity index is 1.66. The van der Waals surface area contributed by atoms with Crippen LogP contribution in [-0.4, -0.2) is 37.4 Å². The molecule has 3 aromatic rings. The molecule has 8 nitrogen and oxygen atoms in total. The van der Waals surface area contributed by atoms with Gasteiger partial charge in [-0.15, -0.1) is 5.10 Å². The Hall–Kier alpha value is -3.20. The predicted octanol–water partition coefficient (Wildman–Crippen LogP) is 3.72. The molecule has 0 aliphatic rings. The number of benzene rings is 2. The summed E-state index contributed by atoms with van der Waals surface area (Å²) in [6.07, 6.45) is 0. The molecule has 0 saturated heterocycles. The van der Waals surface area contributed by atoms with Gasteiger partial charge in [0.15, 0.2) is 0 Å². The van der Waals surface area contributed by atoms with Crippen LogP contribution in [0.25, 0.3) is 5.69 Å². The Kier molecular flexibility index (Phi) is 6.51. The van der Waals surface area contributed by atoms with Crippen molar-refractivity contribution in [3.05, 3.63) is 58.7 Å². The smallest absolute Gasteiger partial charge is 0.307 e. The number of anilines is 1. The minimum absolute atomic E-state index is 0.433. The number of hydrogen-bond donors (Lipinski definition) is 2. The lowest BCUT2D eigenvalue weighted by atomic mass is 10.1. The van der Waals surface area contributed by atoms with Crippen molar-refractivity contribution in [2.45, 2.75) is 45.0 Å². The zero-order valence-corrected chi connectivity index (χ0v) is 18.4. The van der Waals surface area contributed by atoms with Crippen molar-refractivity contribution in [1.29, 1.82) is 0 Å². The molecule has 0 aliphatic heterocycles. The molecule has 30 heavy (non-hydrogen) atoms. The van der Waals surface area contributed by atoms with Crippen LogP contribution in [0, 0.1) is 27.7 Å². The van der Waals surface area contributed by atoms with Gasteiger partial charge in [0, 0.05) is 5.69 Å². The van der Waals surface area contributed by atoms with Gasteiger partial charge in [-0.05, 0) is 73.9 Å². The summed E-state index contributed by atoms with van der Waals surface area (Å²) in [6.45, 7) is 9.59. The summed E-state index contributed by atoms with van der Waals surface area (Å²) in [5.41, 5.74) is 5.70. The molecule has 0 spiro atoms. The van der Waals surface area contributed by atoms with Crippen LogP contribution < -0.4 is 10.6 Å². The number of thioether (sulfide) groups is 1. The number of amides is 3. The van der Waals surface area contributed by atoms with Crippen LogP contribution in [-0.2, 0) is 4.79 Å². The third kappa shape index (κ3) is 4.85. The highest BCUT2D eigenvalue weighted by atomic mass is 32.2. The number of aromatic nitrogens is 4. The largest absolute Gasteiger partial charge is 0.325 e. The van der Waals surface area contributed by atoms with E-state index < -0.39 is 17.2 Å². The van der Waals surface area contributed by atoms with Gasteiger partial charge < -0.3 is 5.32 Å². The van der Waals surface area contributed by atoms with Crippen molar-refractivity contribution in [2.24, 2.45) is 0 Å². The summed E-state index contributed by atoms with van der Waals surface area (Å²) in [4.78, 5) is 24.7. The molecule has 1 unspecified atom stereocenters. The molecule has 0 aliphatic carbocycles. The van der Waals surface area contributed by atoms with Crippen LogP contribution >= 0.6 is 11.8 Å². The molecular formula is C21H24N6O2S. The lowest BCUT2D eigenvalue weighted by Crippen LogP contribution is -2.39. The number of nitrogens with one attached hydrogen (secondary N) is 2. The quantitative estimate of drug-likeness (QED) is 0.605. The first-order chi connectivity index (χ1) is 14.3. The Labute approximate surface area is 179 Å². The molecule has 9 heteroatoms. The topological polar surface area (TPSA) is 102 Å². The summed E-state index contributed by atoms with van der Waals surface area (Å²) in [7, 11) is 0. The van der Waals surface area contributed by atoms with Crippen molar-refractivity contribution in [1.82, 2.24) is 25.5 Å². The second-order valence-corrected chi connectivity index (χ2v) is 8.42. The summed E-state index contributed by atoms with van der Waals surface area (Å²) in [5.74, 6) is -0.433. The second-order valence-electron chi connectivity index (χ2n) is 7.11. The summed E-state index contributed by atoms with van der Waals surface area (Å²) in [5, 5.41) is 16.8. The zero-order valence-electron chi connectivity index (χ0n) is 17.6. The van der Waals surface area contributed by atoms with E-state index in [2.05, 4.69) is 26.2 Å². The predicted molar refractivity (Wildman–Crippen MR) is 117 cm³/mol. The molecule has 2 aromatic carbocycles. The maximum atomic E-state index is 12.5. The number of hydrogen-bond acceptors (Lipinski definition) is 6. The minimum Gasteiger partial charge on any atom is -0.307 e. The fourth-order valence-corrected chi connectivity index (χ4v) is 3.70. The molecule has 156 valence electrons. The van der Waals surface area contributed by atoms with Crippen molar-refractivity contribution in [3.63, 3.8) is 0 Å². The van der Waals surface area contributed by atoms with Crippen molar-refractivity contribution >= 4 is 29.4 Å². The Morgan fingerprint density at radius 2 is 1.83 bits per heavy atom. The fourth-order valence-electron chi connectivity index (χ4n) is 2.90. The van der Waals surface area contributed by atoms with Gasteiger partial charge in [0.25, 0.3) is 0 Å². The first kappa shape index (κ1) is 21.5. The third-order valence-corrected chi connectivity index (χ3v) is 5.80. The number of imide groups is 1. The molecule has 0 radical (unpaired) electrons. The highest BCUT2D eigenvalue weighted by molar-refractivity contribution is 8.00. The van der Waals surface area contributed by atoms with Gasteiger partial charge in [-0.1, -0.05) is 41.6 Å². The Bertz CT molecular complexity index is 1090. The fraction of sp³-hybridized carbons (Fsp3) is 0.286. The molecule has 0 bridgehead atoms. The van der Waals surface area contributed by atoms with E-state index in [9.17, 15) is 9.59 Å². The zero-order chi connectivity index (χ0) is 21.8. The molecule has 3 amide bonds. The minimum atomic E-state index is -0.579. The lowest BCUT2D eigenvalue weighted by Gasteiger charge is -2.14. The molecule has 1 atom stereocenters. The van der Waals surface area contributed by atoms with Crippen molar-refractivity contribution in [3.8, 4) is 5.69 Å². The van der Waals surface area contributed by atoms with Crippen LogP contribution in [0.4, 0.5) is 10.5 Å². The van der Waals surface area contributed by atoms with Gasteiger partial charge in [0.1, 0.15) is 0 Å². The van der Waals surface area contributed by atoms with E-state index in [0.717, 1.165) is 27.9 Å². The average Bonchev–Trinajstić information content (AvgIpc) is 3.14. The van der Waals surface area contributed by atoms with Crippen LogP contribution in [0.5, 0.6) is 0 Å². The lowest BCUT2D eigenvalue weighted by molar-refractivity contribution is -0.119. The molecule has 1 aromatic heterocycles. The van der Waals surface area contributed by atoms with E-state index in [0.29, 0.717) is 10.8 Å². The second kappa shape index (κ2) is 9.08. The number of carbonyl (C=O) groups is 2. The van der Waals surface area contributed by atoms with E-state index in [1.807, 2.05) is 64.1 Å². The van der Waals surface area contributed by atoms with Gasteiger partial charge in [-0.3, -0.25) is 10.1 Å². The number of carbonyl (C=O) groups excluding carboxylic acids is 2. The van der Waals surface area contributed by atoms with Crippen LogP contribution in [0.1, 0.15) is 29.2 Å².